The molecule has 0 saturated carbocycles. The first-order valence-electron chi connectivity index (χ1n) is 10.6. The minimum absolute atomic E-state index is 0.0339. The molecule has 1 saturated heterocycles. The fraction of sp³-hybridized carbons (Fsp3) is 0.667. The fourth-order valence-electron chi connectivity index (χ4n) is 3.26. The highest BCUT2D eigenvalue weighted by molar-refractivity contribution is 5.73. The number of hydrazine groups is 1. The Morgan fingerprint density at radius 2 is 2.00 bits per heavy atom. The molecule has 10 heteroatoms. The van der Waals surface area contributed by atoms with Crippen molar-refractivity contribution in [3.63, 3.8) is 0 Å². The number of nitriles is 1. The molecular formula is C21H33N7O3. The molecule has 0 aliphatic carbocycles. The molecule has 1 fully saturated rings. The van der Waals surface area contributed by atoms with Crippen LogP contribution in [0, 0.1) is 17.2 Å². The number of nitrogens with one attached hydrogen (secondary N) is 1. The summed E-state index contributed by atoms with van der Waals surface area (Å²) in [5, 5.41) is 10.6. The van der Waals surface area contributed by atoms with Crippen molar-refractivity contribution in [2.24, 2.45) is 5.92 Å². The summed E-state index contributed by atoms with van der Waals surface area (Å²) in [6.45, 7) is 13.7. The summed E-state index contributed by atoms with van der Waals surface area (Å²) >= 11 is 0. The van der Waals surface area contributed by atoms with Gasteiger partial charge in [-0.3, -0.25) is 14.7 Å². The van der Waals surface area contributed by atoms with Crippen LogP contribution in [0.3, 0.4) is 0 Å². The molecular weight excluding hydrogens is 398 g/mol. The topological polar surface area (TPSA) is 115 Å². The Morgan fingerprint density at radius 1 is 1.32 bits per heavy atom. The van der Waals surface area contributed by atoms with Gasteiger partial charge in [-0.15, -0.1) is 0 Å². The number of anilines is 1. The maximum Gasteiger partial charge on any atom is 0.426 e. The van der Waals surface area contributed by atoms with Crippen LogP contribution in [-0.2, 0) is 9.53 Å². The Balaban J connectivity index is 1.90. The minimum atomic E-state index is -0.672. The lowest BCUT2D eigenvalue weighted by molar-refractivity contribution is -0.130. The molecule has 0 spiro atoms. The van der Waals surface area contributed by atoms with E-state index in [9.17, 15) is 9.59 Å². The van der Waals surface area contributed by atoms with Crippen LogP contribution in [-0.4, -0.2) is 76.6 Å². The third-order valence-electron chi connectivity index (χ3n) is 5.01. The van der Waals surface area contributed by atoms with Crippen LogP contribution in [0.15, 0.2) is 12.3 Å². The molecule has 2 rings (SSSR count). The Hall–Kier alpha value is -2.93. The first-order valence-corrected chi connectivity index (χ1v) is 10.6. The largest absolute Gasteiger partial charge is 0.442 e. The van der Waals surface area contributed by atoms with E-state index in [-0.39, 0.29) is 17.6 Å². The molecule has 1 N–H and O–H groups in total. The van der Waals surface area contributed by atoms with Crippen molar-refractivity contribution >= 4 is 17.8 Å². The highest BCUT2D eigenvalue weighted by atomic mass is 16.6. The molecule has 0 unspecified atom stereocenters. The average molecular weight is 432 g/mol. The van der Waals surface area contributed by atoms with E-state index >= 15 is 0 Å². The number of piperazine rings is 1. The Morgan fingerprint density at radius 3 is 2.58 bits per heavy atom. The number of rotatable bonds is 8. The van der Waals surface area contributed by atoms with Gasteiger partial charge in [-0.25, -0.2) is 15.2 Å². The van der Waals surface area contributed by atoms with Gasteiger partial charge in [0.2, 0.25) is 11.7 Å². The highest BCUT2D eigenvalue weighted by Crippen LogP contribution is 2.17. The molecule has 2 heterocycles. The molecule has 1 aliphatic heterocycles. The smallest absolute Gasteiger partial charge is 0.426 e. The summed E-state index contributed by atoms with van der Waals surface area (Å²) in [7, 11) is 0. The third-order valence-corrected chi connectivity index (χ3v) is 5.01. The zero-order chi connectivity index (χ0) is 23.0. The van der Waals surface area contributed by atoms with Crippen molar-refractivity contribution in [3.05, 3.63) is 18.1 Å². The molecule has 1 aliphatic rings. The molecule has 0 bridgehead atoms. The van der Waals surface area contributed by atoms with E-state index in [1.807, 2.05) is 38.7 Å². The van der Waals surface area contributed by atoms with Crippen LogP contribution in [0.5, 0.6) is 0 Å². The highest BCUT2D eigenvalue weighted by Gasteiger charge is 2.27. The standard InChI is InChI=1S/C21H33N7O3/c1-16(2)15-28(19-6-8-23-18(14-22)24-19)25-20(30)31-21(4,5)7-9-26-10-12-27(13-11-26)17(3)29/h6,8,16H,7,9-13,15H2,1-5H3,(H,25,30). The van der Waals surface area contributed by atoms with Crippen LogP contribution in [0.2, 0.25) is 0 Å². The van der Waals surface area contributed by atoms with Crippen molar-refractivity contribution in [2.45, 2.75) is 46.6 Å². The first kappa shape index (κ1) is 24.3. The lowest BCUT2D eigenvalue weighted by Gasteiger charge is -2.36. The van der Waals surface area contributed by atoms with E-state index in [1.165, 1.54) is 6.20 Å². The molecule has 170 valence electrons. The lowest BCUT2D eigenvalue weighted by atomic mass is 10.0. The van der Waals surface area contributed by atoms with Crippen molar-refractivity contribution in [2.75, 3.05) is 44.3 Å². The predicted octanol–water partition coefficient (Wildman–Crippen LogP) is 1.78. The van der Waals surface area contributed by atoms with Gasteiger partial charge in [0, 0.05) is 58.5 Å². The van der Waals surface area contributed by atoms with E-state index < -0.39 is 11.7 Å². The monoisotopic (exact) mass is 431 g/mol. The van der Waals surface area contributed by atoms with Crippen molar-refractivity contribution in [1.82, 2.24) is 25.2 Å². The lowest BCUT2D eigenvalue weighted by Crippen LogP contribution is -2.50. The SMILES string of the molecule is CC(=O)N1CCN(CCC(C)(C)OC(=O)NN(CC(C)C)c2ccnc(C#N)n2)CC1. The Bertz CT molecular complexity index is 798. The van der Waals surface area contributed by atoms with Crippen LogP contribution in [0.1, 0.15) is 46.9 Å². The van der Waals surface area contributed by atoms with Gasteiger partial charge < -0.3 is 9.64 Å². The van der Waals surface area contributed by atoms with Crippen molar-refractivity contribution < 1.29 is 14.3 Å². The van der Waals surface area contributed by atoms with Crippen molar-refractivity contribution in [3.8, 4) is 6.07 Å². The quantitative estimate of drug-likeness (QED) is 0.620. The maximum atomic E-state index is 12.6. The van der Waals surface area contributed by atoms with Gasteiger partial charge in [-0.05, 0) is 26.2 Å². The molecule has 31 heavy (non-hydrogen) atoms. The molecule has 10 nitrogen and oxygen atoms in total. The molecule has 1 aromatic rings. The second-order valence-electron chi connectivity index (χ2n) is 8.71. The second-order valence-corrected chi connectivity index (χ2v) is 8.71. The minimum Gasteiger partial charge on any atom is -0.442 e. The van der Waals surface area contributed by atoms with Crippen LogP contribution in [0.25, 0.3) is 0 Å². The number of hydrogen-bond acceptors (Lipinski definition) is 8. The number of nitrogens with zero attached hydrogens (tertiary/aromatic N) is 6. The summed E-state index contributed by atoms with van der Waals surface area (Å²) in [5.41, 5.74) is 2.07. The summed E-state index contributed by atoms with van der Waals surface area (Å²) in [4.78, 5) is 36.2. The van der Waals surface area contributed by atoms with Gasteiger partial charge in [0.05, 0.1) is 0 Å². The Kier molecular flexibility index (Phi) is 8.56. The predicted molar refractivity (Wildman–Crippen MR) is 116 cm³/mol. The first-order chi connectivity index (χ1) is 14.6. The number of amides is 2. The van der Waals surface area contributed by atoms with Gasteiger partial charge in [0.15, 0.2) is 5.82 Å². The molecule has 0 aromatic carbocycles. The molecule has 2 amide bonds. The van der Waals surface area contributed by atoms with Gasteiger partial charge in [-0.2, -0.15) is 10.2 Å². The van der Waals surface area contributed by atoms with E-state index in [0.717, 1.165) is 32.7 Å². The zero-order valence-corrected chi connectivity index (χ0v) is 19.1. The molecule has 1 aromatic heterocycles. The summed E-state index contributed by atoms with van der Waals surface area (Å²) in [5.74, 6) is 0.809. The number of ether oxygens (including phenoxy) is 1. The number of hydrogen-bond donors (Lipinski definition) is 1. The Labute approximate surface area is 184 Å². The van der Waals surface area contributed by atoms with Gasteiger partial charge in [0.25, 0.3) is 0 Å². The number of carbonyl (C=O) groups excluding carboxylic acids is 2. The van der Waals surface area contributed by atoms with E-state index in [1.54, 1.807) is 18.0 Å². The van der Waals surface area contributed by atoms with E-state index in [2.05, 4.69) is 20.3 Å². The second kappa shape index (κ2) is 10.9. The molecule has 0 radical (unpaired) electrons. The average Bonchev–Trinajstić information content (AvgIpc) is 2.71. The number of carbonyl (C=O) groups is 2. The van der Waals surface area contributed by atoms with Crippen molar-refractivity contribution in [1.29, 1.82) is 5.26 Å². The van der Waals surface area contributed by atoms with Crippen LogP contribution >= 0.6 is 0 Å². The summed E-state index contributed by atoms with van der Waals surface area (Å²) in [6.07, 6.45) is 1.57. The maximum absolute atomic E-state index is 12.6. The third kappa shape index (κ3) is 8.02. The van der Waals surface area contributed by atoms with Crippen LogP contribution < -0.4 is 10.4 Å². The van der Waals surface area contributed by atoms with Gasteiger partial charge in [0.1, 0.15) is 11.7 Å². The van der Waals surface area contributed by atoms with Gasteiger partial charge in [-0.1, -0.05) is 13.8 Å². The fourth-order valence-corrected chi connectivity index (χ4v) is 3.26. The molecule has 0 atom stereocenters. The van der Waals surface area contributed by atoms with Crippen LogP contribution in [0.4, 0.5) is 10.6 Å². The normalized spacial score (nSPS) is 14.8. The summed E-state index contributed by atoms with van der Waals surface area (Å²) < 4.78 is 5.69. The number of aromatic nitrogens is 2. The van der Waals surface area contributed by atoms with E-state index in [0.29, 0.717) is 18.8 Å². The summed E-state index contributed by atoms with van der Waals surface area (Å²) in [6, 6.07) is 3.54. The van der Waals surface area contributed by atoms with Gasteiger partial charge >= 0.3 is 6.09 Å². The zero-order valence-electron chi connectivity index (χ0n) is 19.1. The van der Waals surface area contributed by atoms with E-state index in [4.69, 9.17) is 10.00 Å².